The van der Waals surface area contributed by atoms with Crippen molar-refractivity contribution in [1.82, 2.24) is 0 Å². The summed E-state index contributed by atoms with van der Waals surface area (Å²) in [5.41, 5.74) is 2.83. The van der Waals surface area contributed by atoms with E-state index in [4.69, 9.17) is 9.47 Å². The Kier molecular flexibility index (Phi) is 9.14. The van der Waals surface area contributed by atoms with E-state index in [0.29, 0.717) is 29.2 Å². The molecule has 4 nitrogen and oxygen atoms in total. The lowest BCUT2D eigenvalue weighted by molar-refractivity contribution is -0.135. The lowest BCUT2D eigenvalue weighted by atomic mass is 9.63. The van der Waals surface area contributed by atoms with E-state index in [0.717, 1.165) is 33.5 Å². The first-order chi connectivity index (χ1) is 14.5. The van der Waals surface area contributed by atoms with Crippen molar-refractivity contribution in [2.45, 2.75) is 59.9 Å². The fourth-order valence-electron chi connectivity index (χ4n) is 4.87. The molecule has 1 aromatic rings. The van der Waals surface area contributed by atoms with Gasteiger partial charge in [-0.15, -0.1) is 11.8 Å². The molecule has 1 aliphatic carbocycles. The second-order valence-corrected chi connectivity index (χ2v) is 11.3. The molecule has 0 heterocycles. The van der Waals surface area contributed by atoms with E-state index in [9.17, 15) is 4.79 Å². The van der Waals surface area contributed by atoms with Crippen molar-refractivity contribution < 1.29 is 14.3 Å². The van der Waals surface area contributed by atoms with Crippen molar-refractivity contribution in [3.05, 3.63) is 46.1 Å². The number of rotatable bonds is 8. The third-order valence-electron chi connectivity index (χ3n) is 5.42. The van der Waals surface area contributed by atoms with Gasteiger partial charge in [-0.1, -0.05) is 39.8 Å². The van der Waals surface area contributed by atoms with Gasteiger partial charge in [0.15, 0.2) is 0 Å². The number of ether oxygens (including phenoxy) is 2. The SMILES string of the molecule is CCOC(=C\C(=O)OC)/C(Br)=C(\SC)c1cccc(NC2CC(C)(C)CC(C)(C)C2)c1. The number of hydrogen-bond donors (Lipinski definition) is 1. The Labute approximate surface area is 200 Å². The first-order valence-electron chi connectivity index (χ1n) is 10.7. The molecule has 6 heteroatoms. The number of allylic oxidation sites excluding steroid dienone is 1. The van der Waals surface area contributed by atoms with E-state index in [-0.39, 0.29) is 0 Å². The number of anilines is 1. The summed E-state index contributed by atoms with van der Waals surface area (Å²) in [5.74, 6) is 0.0200. The average Bonchev–Trinajstić information content (AvgIpc) is 2.65. The highest BCUT2D eigenvalue weighted by Gasteiger charge is 2.38. The van der Waals surface area contributed by atoms with Crippen LogP contribution in [0.2, 0.25) is 0 Å². The standard InChI is InChI=1S/C25H36BrNO3S/c1-8-30-20(13-21(28)29-6)22(26)23(31-7)17-10-9-11-18(12-17)27-19-14-24(2,3)16-25(4,5)15-19/h9-13,19,27H,8,14-16H2,1-7H3/b20-13-,23-22+. The number of methoxy groups -OCH3 is 1. The molecule has 1 fully saturated rings. The second kappa shape index (κ2) is 11.0. The van der Waals surface area contributed by atoms with Gasteiger partial charge in [-0.25, -0.2) is 4.79 Å². The van der Waals surface area contributed by atoms with Crippen LogP contribution in [0.25, 0.3) is 4.91 Å². The van der Waals surface area contributed by atoms with Crippen molar-refractivity contribution in [2.75, 3.05) is 25.3 Å². The van der Waals surface area contributed by atoms with Crippen molar-refractivity contribution in [1.29, 1.82) is 0 Å². The van der Waals surface area contributed by atoms with E-state index in [1.54, 1.807) is 11.8 Å². The first kappa shape index (κ1) is 25.9. The van der Waals surface area contributed by atoms with Crippen LogP contribution in [0.5, 0.6) is 0 Å². The molecule has 0 unspecified atom stereocenters. The van der Waals surface area contributed by atoms with E-state index < -0.39 is 5.97 Å². The molecule has 1 saturated carbocycles. The van der Waals surface area contributed by atoms with Gasteiger partial charge in [0.05, 0.1) is 24.3 Å². The summed E-state index contributed by atoms with van der Waals surface area (Å²) in [6.07, 6.45) is 6.96. The van der Waals surface area contributed by atoms with Crippen LogP contribution in [0.15, 0.2) is 40.6 Å². The van der Waals surface area contributed by atoms with E-state index in [1.807, 2.05) is 13.2 Å². The third-order valence-corrected chi connectivity index (χ3v) is 7.32. The van der Waals surface area contributed by atoms with Crippen molar-refractivity contribution in [2.24, 2.45) is 10.8 Å². The Morgan fingerprint density at radius 3 is 2.45 bits per heavy atom. The summed E-state index contributed by atoms with van der Waals surface area (Å²) in [7, 11) is 1.36. The zero-order chi connectivity index (χ0) is 23.2. The van der Waals surface area contributed by atoms with Gasteiger partial charge < -0.3 is 14.8 Å². The number of nitrogens with one attached hydrogen (secondary N) is 1. The fraction of sp³-hybridized carbons (Fsp3) is 0.560. The lowest BCUT2D eigenvalue weighted by Gasteiger charge is -2.45. The molecule has 0 amide bonds. The Bertz CT molecular complexity index is 829. The summed E-state index contributed by atoms with van der Waals surface area (Å²) < 4.78 is 11.2. The molecule has 172 valence electrons. The zero-order valence-corrected chi connectivity index (χ0v) is 22.2. The van der Waals surface area contributed by atoms with Gasteiger partial charge in [0.25, 0.3) is 0 Å². The normalized spacial score (nSPS) is 19.4. The van der Waals surface area contributed by atoms with Gasteiger partial charge >= 0.3 is 5.97 Å². The van der Waals surface area contributed by atoms with Gasteiger partial charge in [0.2, 0.25) is 0 Å². The second-order valence-electron chi connectivity index (χ2n) is 9.65. The molecule has 31 heavy (non-hydrogen) atoms. The molecular weight excluding hydrogens is 474 g/mol. The maximum absolute atomic E-state index is 11.8. The van der Waals surface area contributed by atoms with Gasteiger partial charge in [0.1, 0.15) is 5.76 Å². The predicted octanol–water partition coefficient (Wildman–Crippen LogP) is 7.22. The Hall–Kier alpha value is -1.40. The molecule has 1 N–H and O–H groups in total. The molecule has 0 atom stereocenters. The molecule has 0 bridgehead atoms. The van der Waals surface area contributed by atoms with E-state index in [1.165, 1.54) is 19.6 Å². The number of halogens is 1. The van der Waals surface area contributed by atoms with Gasteiger partial charge in [-0.2, -0.15) is 0 Å². The van der Waals surface area contributed by atoms with Gasteiger partial charge in [-0.05, 0) is 76.9 Å². The molecule has 0 saturated heterocycles. The van der Waals surface area contributed by atoms with Crippen LogP contribution < -0.4 is 5.32 Å². The van der Waals surface area contributed by atoms with Crippen LogP contribution in [0.1, 0.15) is 59.4 Å². The summed E-state index contributed by atoms with van der Waals surface area (Å²) in [5, 5.41) is 3.78. The molecule has 0 aromatic heterocycles. The summed E-state index contributed by atoms with van der Waals surface area (Å²) in [4.78, 5) is 12.8. The minimum absolute atomic E-state index is 0.329. The summed E-state index contributed by atoms with van der Waals surface area (Å²) >= 11 is 5.26. The van der Waals surface area contributed by atoms with Crippen molar-refractivity contribution in [3.63, 3.8) is 0 Å². The highest BCUT2D eigenvalue weighted by Crippen LogP contribution is 2.46. The number of esters is 1. The van der Waals surface area contributed by atoms with Crippen LogP contribution in [-0.2, 0) is 14.3 Å². The van der Waals surface area contributed by atoms with Crippen molar-refractivity contribution >= 4 is 44.3 Å². The molecule has 1 aromatic carbocycles. The van der Waals surface area contributed by atoms with Crippen molar-refractivity contribution in [3.8, 4) is 0 Å². The molecule has 1 aliphatic rings. The number of benzene rings is 1. The van der Waals surface area contributed by atoms with E-state index >= 15 is 0 Å². The first-order valence-corrected chi connectivity index (χ1v) is 12.8. The number of hydrogen-bond acceptors (Lipinski definition) is 5. The number of thioether (sulfide) groups is 1. The van der Waals surface area contributed by atoms with Gasteiger partial charge in [0, 0.05) is 16.6 Å². The average molecular weight is 511 g/mol. The van der Waals surface area contributed by atoms with Crippen LogP contribution in [0.4, 0.5) is 5.69 Å². The highest BCUT2D eigenvalue weighted by atomic mass is 79.9. The molecule has 2 rings (SSSR count). The number of carbonyl (C=O) groups excluding carboxylic acids is 1. The van der Waals surface area contributed by atoms with Crippen LogP contribution in [0.3, 0.4) is 0 Å². The monoisotopic (exact) mass is 509 g/mol. The Balaban J connectivity index is 2.34. The van der Waals surface area contributed by atoms with Crippen LogP contribution in [0, 0.1) is 10.8 Å². The Morgan fingerprint density at radius 2 is 1.90 bits per heavy atom. The topological polar surface area (TPSA) is 47.6 Å². The largest absolute Gasteiger partial charge is 0.492 e. The predicted molar refractivity (Wildman–Crippen MR) is 136 cm³/mol. The Morgan fingerprint density at radius 1 is 1.26 bits per heavy atom. The summed E-state index contributed by atoms with van der Waals surface area (Å²) in [6.45, 7) is 11.8. The quantitative estimate of drug-likeness (QED) is 0.173. The van der Waals surface area contributed by atoms with E-state index in [2.05, 4.69) is 73.2 Å². The third kappa shape index (κ3) is 7.60. The highest BCUT2D eigenvalue weighted by molar-refractivity contribution is 9.12. The minimum atomic E-state index is -0.446. The maximum Gasteiger partial charge on any atom is 0.334 e. The summed E-state index contributed by atoms with van der Waals surface area (Å²) in [6, 6.07) is 8.88. The molecule has 0 spiro atoms. The lowest BCUT2D eigenvalue weighted by Crippen LogP contribution is -2.40. The fourth-order valence-corrected chi connectivity index (χ4v) is 6.46. The smallest absolute Gasteiger partial charge is 0.334 e. The molecule has 0 aliphatic heterocycles. The number of carbonyl (C=O) groups is 1. The minimum Gasteiger partial charge on any atom is -0.492 e. The van der Waals surface area contributed by atoms with Crippen LogP contribution >= 0.6 is 27.7 Å². The zero-order valence-electron chi connectivity index (χ0n) is 19.8. The maximum atomic E-state index is 11.8. The molecule has 0 radical (unpaired) electrons. The van der Waals surface area contributed by atoms with Gasteiger partial charge in [-0.3, -0.25) is 0 Å². The molecular formula is C25H36BrNO3S. The van der Waals surface area contributed by atoms with Crippen LogP contribution in [-0.4, -0.2) is 32.0 Å².